The maximum atomic E-state index is 12.3. The molecule has 2 rings (SSSR count). The summed E-state index contributed by atoms with van der Waals surface area (Å²) in [6.45, 7) is 1.34. The molecular weight excluding hydrogens is 318 g/mol. The lowest BCUT2D eigenvalue weighted by Gasteiger charge is -2.11. The molecule has 0 radical (unpaired) electrons. The number of nitrogens with zero attached hydrogens (tertiary/aromatic N) is 1. The maximum absolute atomic E-state index is 12.3. The number of rotatable bonds is 7. The van der Waals surface area contributed by atoms with Crippen LogP contribution in [0, 0.1) is 0 Å². The predicted octanol–water partition coefficient (Wildman–Crippen LogP) is 2.24. The van der Waals surface area contributed by atoms with E-state index in [0.29, 0.717) is 29.1 Å². The van der Waals surface area contributed by atoms with Crippen LogP contribution in [0.2, 0.25) is 0 Å². The third kappa shape index (κ3) is 5.61. The van der Waals surface area contributed by atoms with Crippen LogP contribution in [-0.4, -0.2) is 51.0 Å². The lowest BCUT2D eigenvalue weighted by molar-refractivity contribution is 0.0949. The van der Waals surface area contributed by atoms with Gasteiger partial charge in [-0.1, -0.05) is 6.07 Å². The van der Waals surface area contributed by atoms with Gasteiger partial charge in [-0.25, -0.2) is 0 Å². The molecule has 0 saturated heterocycles. The van der Waals surface area contributed by atoms with E-state index in [1.54, 1.807) is 55.6 Å². The molecule has 0 bridgehead atoms. The van der Waals surface area contributed by atoms with Crippen LogP contribution in [0.3, 0.4) is 0 Å². The van der Waals surface area contributed by atoms with Crippen LogP contribution < -0.4 is 15.4 Å². The zero-order valence-corrected chi connectivity index (χ0v) is 14.7. The lowest BCUT2D eigenvalue weighted by atomic mass is 10.1. The second-order valence-corrected chi connectivity index (χ2v) is 5.82. The first-order valence-electron chi connectivity index (χ1n) is 7.98. The number of amides is 2. The van der Waals surface area contributed by atoms with Crippen molar-refractivity contribution < 1.29 is 14.3 Å². The first kappa shape index (κ1) is 18.5. The largest absolute Gasteiger partial charge is 0.497 e. The average molecular weight is 341 g/mol. The molecule has 2 amide bonds. The second kappa shape index (κ2) is 8.84. The van der Waals surface area contributed by atoms with Crippen molar-refractivity contribution in [3.63, 3.8) is 0 Å². The van der Waals surface area contributed by atoms with E-state index >= 15 is 0 Å². The number of carbonyl (C=O) groups excluding carboxylic acids is 2. The minimum atomic E-state index is -0.243. The number of carbonyl (C=O) groups is 2. The Hall–Kier alpha value is -2.86. The van der Waals surface area contributed by atoms with Crippen molar-refractivity contribution in [2.75, 3.05) is 39.6 Å². The van der Waals surface area contributed by atoms with Gasteiger partial charge in [0.1, 0.15) is 5.75 Å². The Balaban J connectivity index is 1.96. The Bertz CT molecular complexity index is 727. The van der Waals surface area contributed by atoms with Gasteiger partial charge >= 0.3 is 0 Å². The van der Waals surface area contributed by atoms with Crippen molar-refractivity contribution in [2.24, 2.45) is 0 Å². The molecule has 2 N–H and O–H groups in total. The zero-order chi connectivity index (χ0) is 18.2. The molecule has 0 atom stereocenters. The van der Waals surface area contributed by atoms with Gasteiger partial charge < -0.3 is 20.3 Å². The molecule has 6 nitrogen and oxygen atoms in total. The molecule has 0 unspecified atom stereocenters. The Morgan fingerprint density at radius 3 is 2.24 bits per heavy atom. The summed E-state index contributed by atoms with van der Waals surface area (Å²) < 4.78 is 5.13. The van der Waals surface area contributed by atoms with Crippen LogP contribution in [-0.2, 0) is 0 Å². The molecule has 0 aliphatic rings. The highest BCUT2D eigenvalue weighted by molar-refractivity contribution is 6.05. The van der Waals surface area contributed by atoms with Crippen molar-refractivity contribution in [1.82, 2.24) is 10.2 Å². The van der Waals surface area contributed by atoms with Crippen molar-refractivity contribution in [2.45, 2.75) is 0 Å². The van der Waals surface area contributed by atoms with E-state index in [2.05, 4.69) is 10.6 Å². The molecular formula is C19H23N3O3. The van der Waals surface area contributed by atoms with Gasteiger partial charge in [0.15, 0.2) is 0 Å². The zero-order valence-electron chi connectivity index (χ0n) is 14.7. The molecule has 2 aromatic carbocycles. The van der Waals surface area contributed by atoms with Gasteiger partial charge in [0.05, 0.1) is 7.11 Å². The first-order valence-corrected chi connectivity index (χ1v) is 7.98. The molecule has 2 aromatic rings. The topological polar surface area (TPSA) is 70.7 Å². The third-order valence-corrected chi connectivity index (χ3v) is 3.58. The highest BCUT2D eigenvalue weighted by Crippen LogP contribution is 2.17. The number of hydrogen-bond donors (Lipinski definition) is 2. The van der Waals surface area contributed by atoms with Gasteiger partial charge in [-0.15, -0.1) is 0 Å². The first-order chi connectivity index (χ1) is 12.0. The number of nitrogens with one attached hydrogen (secondary N) is 2. The monoisotopic (exact) mass is 341 g/mol. The molecule has 0 spiro atoms. The van der Waals surface area contributed by atoms with E-state index in [-0.39, 0.29) is 11.8 Å². The molecule has 0 aliphatic heterocycles. The summed E-state index contributed by atoms with van der Waals surface area (Å²) in [5.41, 5.74) is 1.65. The fourth-order valence-electron chi connectivity index (χ4n) is 2.17. The number of ether oxygens (including phenoxy) is 1. The Morgan fingerprint density at radius 2 is 1.64 bits per heavy atom. The molecule has 25 heavy (non-hydrogen) atoms. The lowest BCUT2D eigenvalue weighted by Crippen LogP contribution is -2.31. The van der Waals surface area contributed by atoms with Gasteiger partial charge in [0, 0.05) is 36.0 Å². The predicted molar refractivity (Wildman–Crippen MR) is 98.3 cm³/mol. The van der Waals surface area contributed by atoms with E-state index in [0.717, 1.165) is 6.54 Å². The van der Waals surface area contributed by atoms with E-state index in [1.165, 1.54) is 0 Å². The van der Waals surface area contributed by atoms with Gasteiger partial charge in [0.2, 0.25) is 0 Å². The fourth-order valence-corrected chi connectivity index (χ4v) is 2.17. The Morgan fingerprint density at radius 1 is 1.00 bits per heavy atom. The van der Waals surface area contributed by atoms with Crippen molar-refractivity contribution >= 4 is 17.5 Å². The van der Waals surface area contributed by atoms with Gasteiger partial charge in [-0.2, -0.15) is 0 Å². The minimum Gasteiger partial charge on any atom is -0.497 e. The molecule has 0 aliphatic carbocycles. The summed E-state index contributed by atoms with van der Waals surface area (Å²) >= 11 is 0. The Kier molecular flexibility index (Phi) is 6.54. The summed E-state index contributed by atoms with van der Waals surface area (Å²) in [6.07, 6.45) is 0. The molecule has 0 fully saturated rings. The standard InChI is InChI=1S/C19H23N3O3/c1-22(2)12-11-20-18(23)14-7-9-15(10-8-14)19(24)21-16-5-4-6-17(13-16)25-3/h4-10,13H,11-12H2,1-3H3,(H,20,23)(H,21,24). The van der Waals surface area contributed by atoms with Crippen LogP contribution in [0.5, 0.6) is 5.75 Å². The van der Waals surface area contributed by atoms with Crippen molar-refractivity contribution in [1.29, 1.82) is 0 Å². The second-order valence-electron chi connectivity index (χ2n) is 5.82. The molecule has 0 saturated carbocycles. The average Bonchev–Trinajstić information content (AvgIpc) is 2.61. The van der Waals surface area contributed by atoms with Gasteiger partial charge in [-0.05, 0) is 50.5 Å². The number of hydrogen-bond acceptors (Lipinski definition) is 4. The molecule has 6 heteroatoms. The highest BCUT2D eigenvalue weighted by atomic mass is 16.5. The quantitative estimate of drug-likeness (QED) is 0.810. The smallest absolute Gasteiger partial charge is 0.255 e. The van der Waals surface area contributed by atoms with Crippen LogP contribution in [0.1, 0.15) is 20.7 Å². The van der Waals surface area contributed by atoms with Crippen molar-refractivity contribution in [3.8, 4) is 5.75 Å². The molecule has 0 aromatic heterocycles. The van der Waals surface area contributed by atoms with Crippen LogP contribution in [0.4, 0.5) is 5.69 Å². The fraction of sp³-hybridized carbons (Fsp3) is 0.263. The van der Waals surface area contributed by atoms with Crippen LogP contribution >= 0.6 is 0 Å². The van der Waals surface area contributed by atoms with E-state index in [9.17, 15) is 9.59 Å². The number of likely N-dealkylation sites (N-methyl/N-ethyl adjacent to an activating group) is 1. The minimum absolute atomic E-state index is 0.151. The highest BCUT2D eigenvalue weighted by Gasteiger charge is 2.09. The summed E-state index contributed by atoms with van der Waals surface area (Å²) in [5, 5.41) is 5.64. The molecule has 132 valence electrons. The normalized spacial score (nSPS) is 10.4. The van der Waals surface area contributed by atoms with Gasteiger partial charge in [-0.3, -0.25) is 9.59 Å². The summed E-state index contributed by atoms with van der Waals surface area (Å²) in [6, 6.07) is 13.7. The summed E-state index contributed by atoms with van der Waals surface area (Å²) in [7, 11) is 5.47. The summed E-state index contributed by atoms with van der Waals surface area (Å²) in [5.74, 6) is 0.275. The molecule has 0 heterocycles. The van der Waals surface area contributed by atoms with Crippen molar-refractivity contribution in [3.05, 3.63) is 59.7 Å². The van der Waals surface area contributed by atoms with Gasteiger partial charge in [0.25, 0.3) is 11.8 Å². The number of benzene rings is 2. The maximum Gasteiger partial charge on any atom is 0.255 e. The van der Waals surface area contributed by atoms with E-state index in [4.69, 9.17) is 4.74 Å². The third-order valence-electron chi connectivity index (χ3n) is 3.58. The van der Waals surface area contributed by atoms with E-state index in [1.807, 2.05) is 19.0 Å². The SMILES string of the molecule is COc1cccc(NC(=O)c2ccc(C(=O)NCCN(C)C)cc2)c1. The van der Waals surface area contributed by atoms with E-state index < -0.39 is 0 Å². The Labute approximate surface area is 147 Å². The number of methoxy groups -OCH3 is 1. The van der Waals surface area contributed by atoms with Crippen LogP contribution in [0.25, 0.3) is 0 Å². The summed E-state index contributed by atoms with van der Waals surface area (Å²) in [4.78, 5) is 26.3. The van der Waals surface area contributed by atoms with Crippen LogP contribution in [0.15, 0.2) is 48.5 Å². The number of anilines is 1.